The highest BCUT2D eigenvalue weighted by Gasteiger charge is 2.24. The summed E-state index contributed by atoms with van der Waals surface area (Å²) < 4.78 is 0. The van der Waals surface area contributed by atoms with Gasteiger partial charge in [-0.1, -0.05) is 36.4 Å². The van der Waals surface area contributed by atoms with Gasteiger partial charge in [0.15, 0.2) is 5.84 Å². The first-order valence-electron chi connectivity index (χ1n) is 11.7. The summed E-state index contributed by atoms with van der Waals surface area (Å²) in [6.45, 7) is 5.98. The maximum atomic E-state index is 6.39. The van der Waals surface area contributed by atoms with Gasteiger partial charge >= 0.3 is 0 Å². The molecule has 0 atom stereocenters. The zero-order chi connectivity index (χ0) is 23.2. The highest BCUT2D eigenvalue weighted by molar-refractivity contribution is 7.97. The Bertz CT molecular complexity index is 950. The summed E-state index contributed by atoms with van der Waals surface area (Å²) in [5.74, 6) is 7.03. The zero-order valence-electron chi connectivity index (χ0n) is 19.1. The van der Waals surface area contributed by atoms with Crippen LogP contribution < -0.4 is 33.3 Å². The minimum Gasteiger partial charge on any atom is -0.382 e. The van der Waals surface area contributed by atoms with Gasteiger partial charge in [-0.3, -0.25) is 5.14 Å². The predicted octanol–water partition coefficient (Wildman–Crippen LogP) is 1.30. The molecule has 178 valence electrons. The molecular weight excluding hydrogens is 432 g/mol. The van der Waals surface area contributed by atoms with Crippen molar-refractivity contribution >= 4 is 17.8 Å². The van der Waals surface area contributed by atoms with Crippen LogP contribution in [0.2, 0.25) is 0 Å². The fourth-order valence-corrected chi connectivity index (χ4v) is 5.54. The smallest absolute Gasteiger partial charge is 0.153 e. The lowest BCUT2D eigenvalue weighted by Crippen LogP contribution is -2.39. The Morgan fingerprint density at radius 1 is 1.12 bits per heavy atom. The van der Waals surface area contributed by atoms with E-state index in [1.54, 1.807) is 0 Å². The number of piperidine rings is 1. The predicted molar refractivity (Wildman–Crippen MR) is 138 cm³/mol. The van der Waals surface area contributed by atoms with E-state index in [1.807, 2.05) is 0 Å². The summed E-state index contributed by atoms with van der Waals surface area (Å²) in [5, 5.41) is 13.6. The van der Waals surface area contributed by atoms with Crippen molar-refractivity contribution < 1.29 is 0 Å². The van der Waals surface area contributed by atoms with Gasteiger partial charge in [-0.05, 0) is 72.5 Å². The van der Waals surface area contributed by atoms with Crippen molar-refractivity contribution in [2.75, 3.05) is 39.3 Å². The number of hydrazone groups is 1. The van der Waals surface area contributed by atoms with E-state index in [1.165, 1.54) is 23.1 Å². The topological polar surface area (TPSA) is 144 Å². The van der Waals surface area contributed by atoms with Crippen LogP contribution in [0.1, 0.15) is 35.4 Å². The molecule has 0 radical (unpaired) electrons. The number of nitrogens with two attached hydrogens (primary N) is 4. The maximum absolute atomic E-state index is 6.39. The molecule has 2 aromatic rings. The molecule has 0 saturated carbocycles. The van der Waals surface area contributed by atoms with E-state index in [0.717, 1.165) is 80.1 Å². The highest BCUT2D eigenvalue weighted by Crippen LogP contribution is 2.36. The third kappa shape index (κ3) is 5.51. The van der Waals surface area contributed by atoms with Crippen molar-refractivity contribution in [1.29, 1.82) is 0 Å². The Morgan fingerprint density at radius 2 is 1.85 bits per heavy atom. The molecule has 0 spiro atoms. The zero-order valence-corrected chi connectivity index (χ0v) is 19.9. The number of benzene rings is 2. The highest BCUT2D eigenvalue weighted by atomic mass is 32.2. The van der Waals surface area contributed by atoms with E-state index in [4.69, 9.17) is 22.4 Å². The summed E-state index contributed by atoms with van der Waals surface area (Å²) in [6, 6.07) is 13.1. The lowest BCUT2D eigenvalue weighted by Gasteiger charge is -2.32. The van der Waals surface area contributed by atoms with Gasteiger partial charge in [0.25, 0.3) is 0 Å². The molecule has 2 saturated heterocycles. The van der Waals surface area contributed by atoms with Crippen molar-refractivity contribution in [2.45, 2.75) is 30.1 Å². The SMILES string of the molecule is NCCN1CCC(Cc2ccc(-c3ccc(C4CNC4)cc3)c(/C(N)=N/NN)c2SN)CC1. The number of nitrogens with zero attached hydrogens (tertiary/aromatic N) is 2. The van der Waals surface area contributed by atoms with Gasteiger partial charge in [-0.15, -0.1) is 5.10 Å². The second-order valence-electron chi connectivity index (χ2n) is 8.98. The minimum absolute atomic E-state index is 0.340. The number of rotatable bonds is 9. The lowest BCUT2D eigenvalue weighted by atomic mass is 9.87. The summed E-state index contributed by atoms with van der Waals surface area (Å²) >= 11 is 1.24. The molecule has 0 bridgehead atoms. The van der Waals surface area contributed by atoms with Gasteiger partial charge in [0.05, 0.1) is 0 Å². The third-order valence-electron chi connectivity index (χ3n) is 6.93. The fourth-order valence-electron chi connectivity index (χ4n) is 4.91. The number of hydrazine groups is 1. The van der Waals surface area contributed by atoms with Crippen LogP contribution in [0.15, 0.2) is 46.4 Å². The maximum Gasteiger partial charge on any atom is 0.153 e. The van der Waals surface area contributed by atoms with E-state index >= 15 is 0 Å². The number of amidine groups is 1. The quantitative estimate of drug-likeness (QED) is 0.106. The van der Waals surface area contributed by atoms with Crippen LogP contribution in [-0.4, -0.2) is 50.0 Å². The third-order valence-corrected chi connectivity index (χ3v) is 7.64. The average Bonchev–Trinajstić information content (AvgIpc) is 2.80. The van der Waals surface area contributed by atoms with Crippen LogP contribution in [0.25, 0.3) is 11.1 Å². The van der Waals surface area contributed by atoms with Crippen molar-refractivity contribution in [2.24, 2.45) is 33.5 Å². The molecule has 0 unspecified atom stereocenters. The molecule has 2 fully saturated rings. The van der Waals surface area contributed by atoms with Gasteiger partial charge in [0.1, 0.15) is 0 Å². The van der Waals surface area contributed by atoms with Gasteiger partial charge < -0.3 is 21.7 Å². The molecule has 2 aliphatic rings. The van der Waals surface area contributed by atoms with Crippen LogP contribution in [-0.2, 0) is 6.42 Å². The first-order valence-corrected chi connectivity index (χ1v) is 12.6. The summed E-state index contributed by atoms with van der Waals surface area (Å²) in [6.07, 6.45) is 3.30. The lowest BCUT2D eigenvalue weighted by molar-refractivity contribution is 0.188. The second-order valence-corrected chi connectivity index (χ2v) is 9.62. The Hall–Kier alpha value is -2.14. The number of hydrogen-bond acceptors (Lipinski definition) is 8. The second kappa shape index (κ2) is 11.3. The van der Waals surface area contributed by atoms with Crippen LogP contribution >= 0.6 is 11.9 Å². The molecule has 33 heavy (non-hydrogen) atoms. The Balaban J connectivity index is 1.63. The minimum atomic E-state index is 0.340. The summed E-state index contributed by atoms with van der Waals surface area (Å²) in [5.41, 5.74) is 20.0. The van der Waals surface area contributed by atoms with Gasteiger partial charge in [-0.25, -0.2) is 11.4 Å². The molecule has 0 aromatic heterocycles. The molecule has 0 amide bonds. The molecule has 2 aliphatic heterocycles. The molecule has 2 heterocycles. The van der Waals surface area contributed by atoms with Crippen molar-refractivity contribution in [1.82, 2.24) is 15.8 Å². The first-order chi connectivity index (χ1) is 16.1. The van der Waals surface area contributed by atoms with Crippen molar-refractivity contribution in [3.05, 3.63) is 53.1 Å². The molecule has 9 heteroatoms. The average molecular weight is 469 g/mol. The van der Waals surface area contributed by atoms with Crippen LogP contribution in [0.5, 0.6) is 0 Å². The molecule has 8 nitrogen and oxygen atoms in total. The van der Waals surface area contributed by atoms with E-state index in [9.17, 15) is 0 Å². The Kier molecular flexibility index (Phi) is 8.24. The van der Waals surface area contributed by atoms with Gasteiger partial charge in [0, 0.05) is 42.6 Å². The van der Waals surface area contributed by atoms with Crippen molar-refractivity contribution in [3.63, 3.8) is 0 Å². The molecule has 2 aromatic carbocycles. The van der Waals surface area contributed by atoms with E-state index in [2.05, 4.69) is 57.3 Å². The number of hydrogen-bond donors (Lipinski definition) is 6. The monoisotopic (exact) mass is 468 g/mol. The standard InChI is InChI=1S/C24H36N8S/c25-9-12-32-10-7-16(8-11-32)13-19-5-6-21(22(23(19)33-28)24(26)30-31-27)18-3-1-17(2-4-18)20-14-29-15-20/h1-6,16,20,29,31H,7-15,25,27-28H2,(H2,26,30). The molecular formula is C24H36N8S. The van der Waals surface area contributed by atoms with E-state index in [-0.39, 0.29) is 0 Å². The first kappa shape index (κ1) is 24.0. The Morgan fingerprint density at radius 3 is 2.42 bits per heavy atom. The summed E-state index contributed by atoms with van der Waals surface area (Å²) in [4.78, 5) is 3.42. The van der Waals surface area contributed by atoms with E-state index in [0.29, 0.717) is 17.7 Å². The van der Waals surface area contributed by atoms with Gasteiger partial charge in [0.2, 0.25) is 0 Å². The van der Waals surface area contributed by atoms with Crippen molar-refractivity contribution in [3.8, 4) is 11.1 Å². The van der Waals surface area contributed by atoms with Crippen LogP contribution in [0, 0.1) is 5.92 Å². The van der Waals surface area contributed by atoms with Gasteiger partial charge in [-0.2, -0.15) is 0 Å². The number of nitrogens with one attached hydrogen (secondary N) is 2. The van der Waals surface area contributed by atoms with Crippen LogP contribution in [0.4, 0.5) is 0 Å². The summed E-state index contributed by atoms with van der Waals surface area (Å²) in [7, 11) is 0. The van der Waals surface area contributed by atoms with E-state index < -0.39 is 0 Å². The number of likely N-dealkylation sites (tertiary alicyclic amines) is 1. The Labute approximate surface area is 200 Å². The molecule has 4 rings (SSSR count). The fraction of sp³-hybridized carbons (Fsp3) is 0.458. The molecule has 0 aliphatic carbocycles. The largest absolute Gasteiger partial charge is 0.382 e. The normalized spacial score (nSPS) is 18.3. The van der Waals surface area contributed by atoms with Crippen LogP contribution in [0.3, 0.4) is 0 Å². The molecule has 10 N–H and O–H groups in total.